The topological polar surface area (TPSA) is 66.6 Å². The van der Waals surface area contributed by atoms with Gasteiger partial charge in [-0.05, 0) is 20.3 Å². The molecule has 3 N–H and O–H groups in total. The van der Waals surface area contributed by atoms with Crippen LogP contribution in [0.15, 0.2) is 0 Å². The monoisotopic (exact) mass is 186 g/mol. The Morgan fingerprint density at radius 1 is 1.62 bits per heavy atom. The number of rotatable bonds is 2. The number of hydrogen-bond acceptors (Lipinski definition) is 3. The van der Waals surface area contributed by atoms with Crippen molar-refractivity contribution in [1.82, 2.24) is 4.90 Å². The van der Waals surface area contributed by atoms with E-state index in [1.54, 1.807) is 18.7 Å². The number of aliphatic hydroxyl groups excluding tert-OH is 1. The van der Waals surface area contributed by atoms with E-state index in [1.807, 2.05) is 0 Å². The first-order valence-electron chi connectivity index (χ1n) is 4.74. The first-order valence-corrected chi connectivity index (χ1v) is 4.74. The van der Waals surface area contributed by atoms with Crippen LogP contribution < -0.4 is 5.73 Å². The van der Waals surface area contributed by atoms with E-state index >= 15 is 0 Å². The van der Waals surface area contributed by atoms with E-state index in [2.05, 4.69) is 0 Å². The maximum Gasteiger partial charge on any atom is 0.239 e. The fourth-order valence-corrected chi connectivity index (χ4v) is 1.67. The van der Waals surface area contributed by atoms with Gasteiger partial charge in [-0.3, -0.25) is 4.79 Å². The molecule has 3 atom stereocenters. The molecule has 0 radical (unpaired) electrons. The molecule has 1 fully saturated rings. The van der Waals surface area contributed by atoms with Gasteiger partial charge in [0.2, 0.25) is 5.91 Å². The number of carbonyl (C=O) groups excluding carboxylic acids is 1. The minimum atomic E-state index is -0.423. The van der Waals surface area contributed by atoms with Crippen LogP contribution in [0.1, 0.15) is 20.3 Å². The van der Waals surface area contributed by atoms with Crippen molar-refractivity contribution in [3.8, 4) is 0 Å². The molecule has 0 aliphatic carbocycles. The van der Waals surface area contributed by atoms with Crippen molar-refractivity contribution < 1.29 is 9.90 Å². The van der Waals surface area contributed by atoms with Crippen LogP contribution in [0.3, 0.4) is 0 Å². The molecule has 0 aromatic rings. The van der Waals surface area contributed by atoms with Gasteiger partial charge in [-0.15, -0.1) is 0 Å². The number of aliphatic hydroxyl groups is 1. The van der Waals surface area contributed by atoms with Crippen LogP contribution in [-0.4, -0.2) is 41.1 Å². The maximum atomic E-state index is 11.4. The summed E-state index contributed by atoms with van der Waals surface area (Å²) in [6.07, 6.45) is 0.557. The predicted molar refractivity (Wildman–Crippen MR) is 50.0 cm³/mol. The zero-order valence-corrected chi connectivity index (χ0v) is 8.23. The van der Waals surface area contributed by atoms with Gasteiger partial charge in [-0.1, -0.05) is 0 Å². The second kappa shape index (κ2) is 4.07. The summed E-state index contributed by atoms with van der Waals surface area (Å²) in [7, 11) is 0. The van der Waals surface area contributed by atoms with Crippen molar-refractivity contribution in [3.05, 3.63) is 0 Å². The molecule has 4 heteroatoms. The second-order valence-corrected chi connectivity index (χ2v) is 3.86. The van der Waals surface area contributed by atoms with Crippen LogP contribution in [0.4, 0.5) is 0 Å². The summed E-state index contributed by atoms with van der Waals surface area (Å²) in [5, 5.41) is 9.32. The largest absolute Gasteiger partial charge is 0.393 e. The molecule has 0 aromatic heterocycles. The summed E-state index contributed by atoms with van der Waals surface area (Å²) in [4.78, 5) is 13.2. The highest BCUT2D eigenvalue weighted by molar-refractivity contribution is 5.81. The van der Waals surface area contributed by atoms with Gasteiger partial charge >= 0.3 is 0 Å². The lowest BCUT2D eigenvalue weighted by molar-refractivity contribution is -0.131. The molecule has 2 unspecified atom stereocenters. The molecule has 0 saturated carbocycles. The van der Waals surface area contributed by atoms with Crippen LogP contribution in [-0.2, 0) is 4.79 Å². The molecular weight excluding hydrogens is 168 g/mol. The molecule has 1 saturated heterocycles. The van der Waals surface area contributed by atoms with Crippen LogP contribution in [0.25, 0.3) is 0 Å². The average Bonchev–Trinajstić information content (AvgIpc) is 2.50. The molecule has 76 valence electrons. The van der Waals surface area contributed by atoms with Crippen molar-refractivity contribution in [1.29, 1.82) is 0 Å². The van der Waals surface area contributed by atoms with Crippen LogP contribution >= 0.6 is 0 Å². The number of amides is 1. The number of nitrogens with two attached hydrogens (primary N) is 1. The van der Waals surface area contributed by atoms with E-state index in [1.165, 1.54) is 0 Å². The van der Waals surface area contributed by atoms with Crippen LogP contribution in [0.2, 0.25) is 0 Å². The number of carbonyl (C=O) groups is 1. The summed E-state index contributed by atoms with van der Waals surface area (Å²) < 4.78 is 0. The lowest BCUT2D eigenvalue weighted by Crippen LogP contribution is -2.41. The van der Waals surface area contributed by atoms with Gasteiger partial charge in [0.15, 0.2) is 0 Å². The summed E-state index contributed by atoms with van der Waals surface area (Å²) >= 11 is 0. The van der Waals surface area contributed by atoms with Gasteiger partial charge in [0.1, 0.15) is 0 Å². The molecule has 0 spiro atoms. The minimum Gasteiger partial charge on any atom is -0.393 e. The molecule has 0 aromatic carbocycles. The standard InChI is InChI=1S/C9H18N2O2/c1-6(10)9(13)11-4-3-8(5-11)7(2)12/h6-8,12H,3-5,10H2,1-2H3/t6-,7?,8?/m1/s1. The quantitative estimate of drug-likeness (QED) is 0.614. The molecule has 1 aliphatic heterocycles. The zero-order chi connectivity index (χ0) is 10.0. The Hall–Kier alpha value is -0.610. The van der Waals surface area contributed by atoms with Gasteiger partial charge in [-0.2, -0.15) is 0 Å². The molecular formula is C9H18N2O2. The highest BCUT2D eigenvalue weighted by Gasteiger charge is 2.29. The highest BCUT2D eigenvalue weighted by Crippen LogP contribution is 2.19. The summed E-state index contributed by atoms with van der Waals surface area (Å²) in [6.45, 7) is 4.84. The molecule has 1 amide bonds. The molecule has 13 heavy (non-hydrogen) atoms. The van der Waals surface area contributed by atoms with Crippen molar-refractivity contribution in [2.24, 2.45) is 11.7 Å². The number of nitrogens with zero attached hydrogens (tertiary/aromatic N) is 1. The fraction of sp³-hybridized carbons (Fsp3) is 0.889. The Morgan fingerprint density at radius 2 is 2.23 bits per heavy atom. The van der Waals surface area contributed by atoms with Crippen molar-refractivity contribution >= 4 is 5.91 Å². The van der Waals surface area contributed by atoms with E-state index < -0.39 is 6.04 Å². The van der Waals surface area contributed by atoms with Gasteiger partial charge < -0.3 is 15.7 Å². The van der Waals surface area contributed by atoms with Crippen molar-refractivity contribution in [3.63, 3.8) is 0 Å². The molecule has 1 rings (SSSR count). The smallest absolute Gasteiger partial charge is 0.239 e. The maximum absolute atomic E-state index is 11.4. The predicted octanol–water partition coefficient (Wildman–Crippen LogP) is -0.437. The van der Waals surface area contributed by atoms with Crippen molar-refractivity contribution in [2.75, 3.05) is 13.1 Å². The van der Waals surface area contributed by atoms with E-state index in [4.69, 9.17) is 5.73 Å². The summed E-state index contributed by atoms with van der Waals surface area (Å²) in [5.41, 5.74) is 5.48. The Morgan fingerprint density at radius 3 is 2.62 bits per heavy atom. The fourth-order valence-electron chi connectivity index (χ4n) is 1.67. The Bertz CT molecular complexity index is 192. The normalized spacial score (nSPS) is 27.4. The minimum absolute atomic E-state index is 0.0110. The SMILES string of the molecule is CC(O)C1CCN(C(=O)[C@@H](C)N)C1. The van der Waals surface area contributed by atoms with Crippen LogP contribution in [0.5, 0.6) is 0 Å². The Labute approximate surface area is 78.7 Å². The third-order valence-electron chi connectivity index (χ3n) is 2.61. The van der Waals surface area contributed by atoms with E-state index in [-0.39, 0.29) is 17.9 Å². The zero-order valence-electron chi connectivity index (χ0n) is 8.23. The number of likely N-dealkylation sites (tertiary alicyclic amines) is 1. The Kier molecular flexibility index (Phi) is 3.27. The first kappa shape index (κ1) is 10.5. The van der Waals surface area contributed by atoms with Gasteiger partial charge in [0.05, 0.1) is 12.1 Å². The third-order valence-corrected chi connectivity index (χ3v) is 2.61. The first-order chi connectivity index (χ1) is 6.02. The second-order valence-electron chi connectivity index (χ2n) is 3.86. The van der Waals surface area contributed by atoms with E-state index in [0.29, 0.717) is 6.54 Å². The molecule has 1 heterocycles. The molecule has 1 aliphatic rings. The molecule has 4 nitrogen and oxygen atoms in total. The van der Waals surface area contributed by atoms with Crippen molar-refractivity contribution in [2.45, 2.75) is 32.4 Å². The lowest BCUT2D eigenvalue weighted by Gasteiger charge is -2.19. The summed E-state index contributed by atoms with van der Waals surface area (Å²) in [5.74, 6) is 0.214. The summed E-state index contributed by atoms with van der Waals surface area (Å²) in [6, 6.07) is -0.423. The lowest BCUT2D eigenvalue weighted by atomic mass is 10.0. The van der Waals surface area contributed by atoms with E-state index in [9.17, 15) is 9.90 Å². The van der Waals surface area contributed by atoms with Gasteiger partial charge in [0, 0.05) is 19.0 Å². The Balaban J connectivity index is 2.45. The van der Waals surface area contributed by atoms with Gasteiger partial charge in [0.25, 0.3) is 0 Å². The third kappa shape index (κ3) is 2.42. The highest BCUT2D eigenvalue weighted by atomic mass is 16.3. The van der Waals surface area contributed by atoms with E-state index in [0.717, 1.165) is 13.0 Å². The average molecular weight is 186 g/mol. The molecule has 0 bridgehead atoms. The van der Waals surface area contributed by atoms with Crippen LogP contribution in [0, 0.1) is 5.92 Å². The number of hydrogen-bond donors (Lipinski definition) is 2. The van der Waals surface area contributed by atoms with Gasteiger partial charge in [-0.25, -0.2) is 0 Å².